The van der Waals surface area contributed by atoms with Gasteiger partial charge in [0, 0.05) is 12.6 Å². The predicted molar refractivity (Wildman–Crippen MR) is 89.0 cm³/mol. The van der Waals surface area contributed by atoms with Crippen molar-refractivity contribution in [2.24, 2.45) is 5.73 Å². The van der Waals surface area contributed by atoms with Crippen LogP contribution in [0.2, 0.25) is 0 Å². The van der Waals surface area contributed by atoms with Crippen LogP contribution in [0, 0.1) is 0 Å². The topological polar surface area (TPSA) is 29.3 Å². The molecule has 20 heavy (non-hydrogen) atoms. The zero-order valence-corrected chi connectivity index (χ0v) is 13.7. The Balaban J connectivity index is 2.59. The molecule has 0 amide bonds. The summed E-state index contributed by atoms with van der Waals surface area (Å²) in [6.07, 6.45) is 3.92. The Morgan fingerprint density at radius 3 is 2.20 bits per heavy atom. The van der Waals surface area contributed by atoms with E-state index in [4.69, 9.17) is 5.73 Å². The SMILES string of the molecule is CCCCCN(Cc1ccc(C(C)CN)cc1)C(C)C. The molecule has 0 aromatic heterocycles. The van der Waals surface area contributed by atoms with Gasteiger partial charge in [0.05, 0.1) is 0 Å². The summed E-state index contributed by atoms with van der Waals surface area (Å²) in [6, 6.07) is 9.59. The van der Waals surface area contributed by atoms with Crippen LogP contribution < -0.4 is 5.73 Å². The Bertz CT molecular complexity index is 356. The van der Waals surface area contributed by atoms with Gasteiger partial charge >= 0.3 is 0 Å². The lowest BCUT2D eigenvalue weighted by atomic mass is 10.00. The maximum absolute atomic E-state index is 5.72. The van der Waals surface area contributed by atoms with Gasteiger partial charge in [-0.25, -0.2) is 0 Å². The molecule has 0 fully saturated rings. The van der Waals surface area contributed by atoms with Crippen LogP contribution in [0.3, 0.4) is 0 Å². The van der Waals surface area contributed by atoms with Gasteiger partial charge in [-0.1, -0.05) is 51.0 Å². The highest BCUT2D eigenvalue weighted by Crippen LogP contribution is 2.16. The smallest absolute Gasteiger partial charge is 0.0236 e. The third kappa shape index (κ3) is 5.64. The monoisotopic (exact) mass is 276 g/mol. The molecule has 1 aromatic carbocycles. The van der Waals surface area contributed by atoms with Crippen LogP contribution in [-0.4, -0.2) is 24.0 Å². The number of hydrogen-bond donors (Lipinski definition) is 1. The van der Waals surface area contributed by atoms with Crippen LogP contribution >= 0.6 is 0 Å². The van der Waals surface area contributed by atoms with Crippen molar-refractivity contribution < 1.29 is 0 Å². The summed E-state index contributed by atoms with van der Waals surface area (Å²) in [5.41, 5.74) is 8.47. The largest absolute Gasteiger partial charge is 0.330 e. The molecule has 1 unspecified atom stereocenters. The normalized spacial score (nSPS) is 13.2. The third-order valence-electron chi connectivity index (χ3n) is 4.07. The Morgan fingerprint density at radius 2 is 1.70 bits per heavy atom. The van der Waals surface area contributed by atoms with Crippen molar-refractivity contribution in [2.45, 2.75) is 65.5 Å². The van der Waals surface area contributed by atoms with Gasteiger partial charge in [0.1, 0.15) is 0 Å². The van der Waals surface area contributed by atoms with Crippen LogP contribution in [0.1, 0.15) is 64.0 Å². The molecule has 0 aliphatic rings. The third-order valence-corrected chi connectivity index (χ3v) is 4.07. The van der Waals surface area contributed by atoms with Gasteiger partial charge < -0.3 is 5.73 Å². The number of unbranched alkanes of at least 4 members (excludes halogenated alkanes) is 2. The molecule has 0 saturated carbocycles. The lowest BCUT2D eigenvalue weighted by Gasteiger charge is -2.26. The van der Waals surface area contributed by atoms with E-state index in [0.717, 1.165) is 6.54 Å². The van der Waals surface area contributed by atoms with Crippen molar-refractivity contribution in [3.63, 3.8) is 0 Å². The molecule has 0 bridgehead atoms. The minimum absolute atomic E-state index is 0.454. The molecule has 2 N–H and O–H groups in total. The highest BCUT2D eigenvalue weighted by atomic mass is 15.1. The van der Waals surface area contributed by atoms with Crippen molar-refractivity contribution >= 4 is 0 Å². The van der Waals surface area contributed by atoms with E-state index in [-0.39, 0.29) is 0 Å². The Hall–Kier alpha value is -0.860. The van der Waals surface area contributed by atoms with Crippen LogP contribution in [0.15, 0.2) is 24.3 Å². The second-order valence-corrected chi connectivity index (χ2v) is 6.15. The van der Waals surface area contributed by atoms with E-state index in [1.807, 2.05) is 0 Å². The van der Waals surface area contributed by atoms with Crippen molar-refractivity contribution in [1.82, 2.24) is 4.90 Å². The van der Waals surface area contributed by atoms with Crippen LogP contribution in [-0.2, 0) is 6.54 Å². The summed E-state index contributed by atoms with van der Waals surface area (Å²) in [5.74, 6) is 0.454. The lowest BCUT2D eigenvalue weighted by Crippen LogP contribution is -2.31. The van der Waals surface area contributed by atoms with E-state index in [1.54, 1.807) is 0 Å². The first-order valence-electron chi connectivity index (χ1n) is 8.11. The number of nitrogens with zero attached hydrogens (tertiary/aromatic N) is 1. The molecule has 0 aliphatic heterocycles. The molecule has 1 rings (SSSR count). The molecule has 0 heterocycles. The summed E-state index contributed by atoms with van der Waals surface area (Å²) in [4.78, 5) is 2.57. The van der Waals surface area contributed by atoms with Gasteiger partial charge in [0.25, 0.3) is 0 Å². The average molecular weight is 276 g/mol. The van der Waals surface area contributed by atoms with Gasteiger partial charge in [-0.3, -0.25) is 4.90 Å². The van der Waals surface area contributed by atoms with Crippen molar-refractivity contribution in [3.8, 4) is 0 Å². The quantitative estimate of drug-likeness (QED) is 0.687. The van der Waals surface area contributed by atoms with Gasteiger partial charge in [-0.15, -0.1) is 0 Å². The number of nitrogens with two attached hydrogens (primary N) is 1. The maximum Gasteiger partial charge on any atom is 0.0236 e. The van der Waals surface area contributed by atoms with Crippen molar-refractivity contribution in [1.29, 1.82) is 0 Å². The van der Waals surface area contributed by atoms with E-state index >= 15 is 0 Å². The maximum atomic E-state index is 5.72. The first-order valence-corrected chi connectivity index (χ1v) is 8.11. The minimum atomic E-state index is 0.454. The van der Waals surface area contributed by atoms with E-state index in [1.165, 1.54) is 36.9 Å². The second kappa shape index (κ2) is 9.15. The molecule has 0 spiro atoms. The molecule has 1 atom stereocenters. The molecule has 2 nitrogen and oxygen atoms in total. The number of hydrogen-bond acceptors (Lipinski definition) is 2. The summed E-state index contributed by atoms with van der Waals surface area (Å²) >= 11 is 0. The van der Waals surface area contributed by atoms with Gasteiger partial charge in [-0.2, -0.15) is 0 Å². The molecule has 0 saturated heterocycles. The summed E-state index contributed by atoms with van der Waals surface area (Å²) in [5, 5.41) is 0. The van der Waals surface area contributed by atoms with Gasteiger partial charge in [0.15, 0.2) is 0 Å². The first-order chi connectivity index (χ1) is 9.58. The van der Waals surface area contributed by atoms with Crippen LogP contribution in [0.4, 0.5) is 0 Å². The highest BCUT2D eigenvalue weighted by Gasteiger charge is 2.10. The Labute approximate surface area is 125 Å². The molecule has 1 aromatic rings. The standard InChI is InChI=1S/C18H32N2/c1-5-6-7-12-20(15(2)3)14-17-8-10-18(11-9-17)16(4)13-19/h8-11,15-16H,5-7,12-14,19H2,1-4H3. The number of benzene rings is 1. The molecule has 0 aliphatic carbocycles. The fraction of sp³-hybridized carbons (Fsp3) is 0.667. The van der Waals surface area contributed by atoms with Crippen molar-refractivity contribution in [2.75, 3.05) is 13.1 Å². The fourth-order valence-corrected chi connectivity index (χ4v) is 2.41. The van der Waals surface area contributed by atoms with Crippen molar-refractivity contribution in [3.05, 3.63) is 35.4 Å². The number of rotatable bonds is 9. The molecule has 0 radical (unpaired) electrons. The summed E-state index contributed by atoms with van der Waals surface area (Å²) in [6.45, 7) is 12.0. The zero-order chi connectivity index (χ0) is 15.0. The average Bonchev–Trinajstić information content (AvgIpc) is 2.46. The Kier molecular flexibility index (Phi) is 7.86. The van der Waals surface area contributed by atoms with Crippen LogP contribution in [0.25, 0.3) is 0 Å². The molecular formula is C18H32N2. The molecule has 114 valence electrons. The molecular weight excluding hydrogens is 244 g/mol. The first kappa shape index (κ1) is 17.2. The predicted octanol–water partition coefficient (Wildman–Crippen LogP) is 4.15. The van der Waals surface area contributed by atoms with Gasteiger partial charge in [-0.05, 0) is 50.4 Å². The minimum Gasteiger partial charge on any atom is -0.330 e. The second-order valence-electron chi connectivity index (χ2n) is 6.15. The summed E-state index contributed by atoms with van der Waals surface area (Å²) in [7, 11) is 0. The van der Waals surface area contributed by atoms with E-state index < -0.39 is 0 Å². The zero-order valence-electron chi connectivity index (χ0n) is 13.7. The van der Waals surface area contributed by atoms with E-state index in [2.05, 4.69) is 56.9 Å². The Morgan fingerprint density at radius 1 is 1.05 bits per heavy atom. The summed E-state index contributed by atoms with van der Waals surface area (Å²) < 4.78 is 0. The van der Waals surface area contributed by atoms with Crippen LogP contribution in [0.5, 0.6) is 0 Å². The van der Waals surface area contributed by atoms with E-state index in [9.17, 15) is 0 Å². The fourth-order valence-electron chi connectivity index (χ4n) is 2.41. The molecule has 2 heteroatoms. The lowest BCUT2D eigenvalue weighted by molar-refractivity contribution is 0.208. The van der Waals surface area contributed by atoms with E-state index in [0.29, 0.717) is 18.5 Å². The highest BCUT2D eigenvalue weighted by molar-refractivity contribution is 5.25. The van der Waals surface area contributed by atoms with Gasteiger partial charge in [0.2, 0.25) is 0 Å².